The second-order valence-electron chi connectivity index (χ2n) is 8.22. The van der Waals surface area contributed by atoms with Crippen LogP contribution in [0.15, 0.2) is 18.2 Å². The number of sulfone groups is 1. The Bertz CT molecular complexity index is 928. The summed E-state index contributed by atoms with van der Waals surface area (Å²) in [4.78, 5) is 30.9. The van der Waals surface area contributed by atoms with Crippen LogP contribution in [0.2, 0.25) is 5.02 Å². The number of hydrogen-bond donors (Lipinski definition) is 0. The Balaban J connectivity index is 1.61. The number of urea groups is 1. The number of amides is 3. The van der Waals surface area contributed by atoms with E-state index in [1.807, 2.05) is 17.9 Å². The average molecular weight is 440 g/mol. The van der Waals surface area contributed by atoms with Gasteiger partial charge in [-0.05, 0) is 37.5 Å². The van der Waals surface area contributed by atoms with E-state index in [2.05, 4.69) is 0 Å². The molecule has 3 heterocycles. The van der Waals surface area contributed by atoms with E-state index in [1.54, 1.807) is 12.1 Å². The van der Waals surface area contributed by atoms with Gasteiger partial charge in [0.1, 0.15) is 6.54 Å². The van der Waals surface area contributed by atoms with Gasteiger partial charge in [0.2, 0.25) is 5.91 Å². The highest BCUT2D eigenvalue weighted by Gasteiger charge is 2.54. The highest BCUT2D eigenvalue weighted by atomic mass is 35.5. The van der Waals surface area contributed by atoms with Crippen LogP contribution in [0.3, 0.4) is 0 Å². The highest BCUT2D eigenvalue weighted by Crippen LogP contribution is 2.36. The molecule has 0 spiro atoms. The SMILES string of the molecule is Cc1ccc(N2C(=O)N(CC(=O)N3CCCCCC3)[C@H]3CS(=O)(=O)C[C@@H]32)cc1Cl. The van der Waals surface area contributed by atoms with E-state index in [9.17, 15) is 18.0 Å². The van der Waals surface area contributed by atoms with Gasteiger partial charge < -0.3 is 9.80 Å². The lowest BCUT2D eigenvalue weighted by Crippen LogP contribution is -2.46. The Morgan fingerprint density at radius 3 is 2.41 bits per heavy atom. The number of hydrogen-bond acceptors (Lipinski definition) is 4. The number of carbonyl (C=O) groups is 2. The maximum Gasteiger partial charge on any atom is 0.325 e. The number of rotatable bonds is 3. The Labute approximate surface area is 176 Å². The lowest BCUT2D eigenvalue weighted by molar-refractivity contribution is -0.131. The zero-order chi connectivity index (χ0) is 20.8. The second kappa shape index (κ2) is 7.80. The molecule has 0 bridgehead atoms. The quantitative estimate of drug-likeness (QED) is 0.678. The predicted octanol–water partition coefficient (Wildman–Crippen LogP) is 2.46. The maximum atomic E-state index is 13.3. The normalized spacial score (nSPS) is 26.6. The van der Waals surface area contributed by atoms with Gasteiger partial charge in [0, 0.05) is 23.8 Å². The summed E-state index contributed by atoms with van der Waals surface area (Å²) < 4.78 is 24.7. The van der Waals surface area contributed by atoms with Gasteiger partial charge in [-0.3, -0.25) is 9.69 Å². The molecule has 3 saturated heterocycles. The molecule has 0 aliphatic carbocycles. The molecule has 4 rings (SSSR count). The number of anilines is 1. The van der Waals surface area contributed by atoms with Crippen molar-refractivity contribution in [2.45, 2.75) is 44.7 Å². The van der Waals surface area contributed by atoms with Crippen molar-refractivity contribution in [1.29, 1.82) is 0 Å². The molecule has 29 heavy (non-hydrogen) atoms. The fourth-order valence-corrected chi connectivity index (χ4v) is 6.69. The smallest absolute Gasteiger partial charge is 0.325 e. The van der Waals surface area contributed by atoms with Gasteiger partial charge in [-0.2, -0.15) is 0 Å². The second-order valence-corrected chi connectivity index (χ2v) is 10.8. The first-order chi connectivity index (χ1) is 13.8. The topological polar surface area (TPSA) is 78.0 Å². The number of benzene rings is 1. The third kappa shape index (κ3) is 3.97. The van der Waals surface area contributed by atoms with Crippen LogP contribution in [0.5, 0.6) is 0 Å². The van der Waals surface area contributed by atoms with Crippen LogP contribution >= 0.6 is 11.6 Å². The van der Waals surface area contributed by atoms with Crippen molar-refractivity contribution in [2.24, 2.45) is 0 Å². The summed E-state index contributed by atoms with van der Waals surface area (Å²) >= 11 is 6.25. The maximum absolute atomic E-state index is 13.3. The molecule has 9 heteroatoms. The van der Waals surface area contributed by atoms with Gasteiger partial charge in [0.15, 0.2) is 9.84 Å². The molecule has 3 aliphatic rings. The van der Waals surface area contributed by atoms with Crippen molar-refractivity contribution in [1.82, 2.24) is 9.80 Å². The van der Waals surface area contributed by atoms with Crippen LogP contribution in [0.4, 0.5) is 10.5 Å². The Kier molecular flexibility index (Phi) is 5.50. The van der Waals surface area contributed by atoms with Crippen molar-refractivity contribution in [3.8, 4) is 0 Å². The monoisotopic (exact) mass is 439 g/mol. The number of nitrogens with zero attached hydrogens (tertiary/aromatic N) is 3. The minimum absolute atomic E-state index is 0.0778. The van der Waals surface area contributed by atoms with Crippen molar-refractivity contribution >= 4 is 39.1 Å². The average Bonchev–Trinajstić information content (AvgIpc) is 2.95. The zero-order valence-electron chi connectivity index (χ0n) is 16.5. The molecule has 0 N–H and O–H groups in total. The first-order valence-corrected chi connectivity index (χ1v) is 12.3. The van der Waals surface area contributed by atoms with E-state index in [1.165, 1.54) is 9.80 Å². The molecule has 0 saturated carbocycles. The first-order valence-electron chi connectivity index (χ1n) is 10.1. The Hall–Kier alpha value is -1.80. The van der Waals surface area contributed by atoms with E-state index in [0.717, 1.165) is 31.2 Å². The van der Waals surface area contributed by atoms with Gasteiger partial charge in [0.05, 0.1) is 23.6 Å². The molecular formula is C20H26ClN3O4S. The number of fused-ring (bicyclic) bond motifs is 1. The third-order valence-electron chi connectivity index (χ3n) is 6.18. The van der Waals surface area contributed by atoms with Gasteiger partial charge in [-0.25, -0.2) is 13.2 Å². The minimum Gasteiger partial charge on any atom is -0.341 e. The van der Waals surface area contributed by atoms with Crippen molar-refractivity contribution < 1.29 is 18.0 Å². The van der Waals surface area contributed by atoms with Gasteiger partial charge in [0.25, 0.3) is 0 Å². The highest BCUT2D eigenvalue weighted by molar-refractivity contribution is 7.91. The Morgan fingerprint density at radius 2 is 1.76 bits per heavy atom. The molecule has 0 unspecified atom stereocenters. The fourth-order valence-electron chi connectivity index (χ4n) is 4.56. The van der Waals surface area contributed by atoms with E-state index in [4.69, 9.17) is 11.6 Å². The summed E-state index contributed by atoms with van der Waals surface area (Å²) in [5.74, 6) is -0.303. The molecular weight excluding hydrogens is 414 g/mol. The molecule has 3 fully saturated rings. The summed E-state index contributed by atoms with van der Waals surface area (Å²) in [6.07, 6.45) is 4.15. The zero-order valence-corrected chi connectivity index (χ0v) is 18.1. The summed E-state index contributed by atoms with van der Waals surface area (Å²) in [5, 5.41) is 0.520. The molecule has 1 aromatic rings. The number of carbonyl (C=O) groups excluding carboxylic acids is 2. The lowest BCUT2D eigenvalue weighted by atomic mass is 10.1. The molecule has 1 aromatic carbocycles. The molecule has 7 nitrogen and oxygen atoms in total. The van der Waals surface area contributed by atoms with Crippen molar-refractivity contribution in [3.63, 3.8) is 0 Å². The van der Waals surface area contributed by atoms with E-state index in [0.29, 0.717) is 23.8 Å². The number of halogens is 1. The van der Waals surface area contributed by atoms with Gasteiger partial charge in [-0.15, -0.1) is 0 Å². The predicted molar refractivity (Wildman–Crippen MR) is 112 cm³/mol. The van der Waals surface area contributed by atoms with Crippen LogP contribution in [-0.4, -0.2) is 73.4 Å². The fraction of sp³-hybridized carbons (Fsp3) is 0.600. The first kappa shape index (κ1) is 20.5. The van der Waals surface area contributed by atoms with Crippen LogP contribution < -0.4 is 4.90 Å². The molecule has 3 amide bonds. The molecule has 3 aliphatic heterocycles. The van der Waals surface area contributed by atoms with E-state index in [-0.39, 0.29) is 30.0 Å². The lowest BCUT2D eigenvalue weighted by Gasteiger charge is -2.26. The van der Waals surface area contributed by atoms with Crippen LogP contribution in [0.25, 0.3) is 0 Å². The van der Waals surface area contributed by atoms with Gasteiger partial charge >= 0.3 is 6.03 Å². The number of aryl methyl sites for hydroxylation is 1. The standard InChI is InChI=1S/C20H26ClN3O4S/c1-14-6-7-15(10-16(14)21)24-18-13-29(27,28)12-17(18)23(20(24)26)11-19(25)22-8-4-2-3-5-9-22/h6-7,10,17-18H,2-5,8-9,11-13H2,1H3/t17-,18-/m0/s1. The van der Waals surface area contributed by atoms with Crippen LogP contribution in [0, 0.1) is 6.92 Å². The van der Waals surface area contributed by atoms with E-state index >= 15 is 0 Å². The van der Waals surface area contributed by atoms with Crippen LogP contribution in [0.1, 0.15) is 31.2 Å². The summed E-state index contributed by atoms with van der Waals surface area (Å²) in [7, 11) is -3.28. The van der Waals surface area contributed by atoms with E-state index < -0.39 is 21.9 Å². The third-order valence-corrected chi connectivity index (χ3v) is 8.28. The van der Waals surface area contributed by atoms with Gasteiger partial charge in [-0.1, -0.05) is 30.5 Å². The van der Waals surface area contributed by atoms with Crippen molar-refractivity contribution in [3.05, 3.63) is 28.8 Å². The summed E-state index contributed by atoms with van der Waals surface area (Å²) in [5.41, 5.74) is 1.45. The minimum atomic E-state index is -3.28. The molecule has 0 aromatic heterocycles. The summed E-state index contributed by atoms with van der Waals surface area (Å²) in [6.45, 7) is 3.19. The number of likely N-dealkylation sites (tertiary alicyclic amines) is 1. The van der Waals surface area contributed by atoms with Crippen LogP contribution in [-0.2, 0) is 14.6 Å². The van der Waals surface area contributed by atoms with Crippen molar-refractivity contribution in [2.75, 3.05) is 36.0 Å². The summed E-state index contributed by atoms with van der Waals surface area (Å²) in [6, 6.07) is 3.96. The Morgan fingerprint density at radius 1 is 1.10 bits per heavy atom. The molecule has 0 radical (unpaired) electrons. The molecule has 2 atom stereocenters. The molecule has 158 valence electrons. The largest absolute Gasteiger partial charge is 0.341 e.